The van der Waals surface area contributed by atoms with Gasteiger partial charge in [0.1, 0.15) is 0 Å². The molecule has 0 aromatic carbocycles. The number of halogens is 2. The molecule has 0 aliphatic heterocycles. The smallest absolute Gasteiger partial charge is 0.384 e. The molecule has 0 aromatic rings. The molecule has 0 heterocycles. The summed E-state index contributed by atoms with van der Waals surface area (Å²) in [5, 5.41) is 11.0. The van der Waals surface area contributed by atoms with Crippen LogP contribution in [0, 0.1) is 0 Å². The van der Waals surface area contributed by atoms with E-state index in [1.165, 1.54) is 0 Å². The van der Waals surface area contributed by atoms with Crippen molar-refractivity contribution in [1.82, 2.24) is 0 Å². The van der Waals surface area contributed by atoms with Gasteiger partial charge < -0.3 is 9.31 Å². The Kier molecular flexibility index (Phi) is 12.7. The molecule has 0 saturated carbocycles. The molecule has 0 unspecified atom stereocenters. The molecular weight excluding hydrogens is 217 g/mol. The van der Waals surface area contributed by atoms with Crippen LogP contribution in [0.15, 0.2) is 0 Å². The topological polar surface area (TPSA) is 38.4 Å². The van der Waals surface area contributed by atoms with Gasteiger partial charge >= 0.3 is 7.32 Å². The highest BCUT2D eigenvalue weighted by Gasteiger charge is 2.16. The Labute approximate surface area is 96.3 Å². The van der Waals surface area contributed by atoms with Crippen molar-refractivity contribution in [2.45, 2.75) is 38.5 Å². The lowest BCUT2D eigenvalue weighted by Gasteiger charge is -2.06. The Morgan fingerprint density at radius 1 is 0.750 bits per heavy atom. The standard InChI is InChI=1S/C10H20BF2O3/c12-7-3-1-5-9-15-11(14)16-10-6-2-4-8-13/h1-10H2. The number of unbranched alkanes of at least 4 members (excludes halogenated alkanes) is 4. The van der Waals surface area contributed by atoms with Crippen molar-refractivity contribution in [3.05, 3.63) is 0 Å². The van der Waals surface area contributed by atoms with Crippen LogP contribution < -0.4 is 0 Å². The van der Waals surface area contributed by atoms with Crippen molar-refractivity contribution < 1.29 is 23.1 Å². The minimum atomic E-state index is -1.46. The van der Waals surface area contributed by atoms with Crippen molar-refractivity contribution in [2.24, 2.45) is 0 Å². The quantitative estimate of drug-likeness (QED) is 0.386. The third-order valence-corrected chi connectivity index (χ3v) is 2.06. The predicted molar refractivity (Wildman–Crippen MR) is 58.0 cm³/mol. The van der Waals surface area contributed by atoms with Crippen LogP contribution in [0.5, 0.6) is 0 Å². The summed E-state index contributed by atoms with van der Waals surface area (Å²) in [5.74, 6) is 0. The Balaban J connectivity index is 3.09. The van der Waals surface area contributed by atoms with Gasteiger partial charge in [0, 0.05) is 13.2 Å². The van der Waals surface area contributed by atoms with Gasteiger partial charge in [-0.25, -0.2) is 5.02 Å². The summed E-state index contributed by atoms with van der Waals surface area (Å²) in [7, 11) is -1.46. The van der Waals surface area contributed by atoms with Crippen LogP contribution >= 0.6 is 0 Å². The molecule has 0 aromatic heterocycles. The fraction of sp³-hybridized carbons (Fsp3) is 1.00. The van der Waals surface area contributed by atoms with E-state index in [1.54, 1.807) is 0 Å². The lowest BCUT2D eigenvalue weighted by atomic mass is 10.2. The van der Waals surface area contributed by atoms with Gasteiger partial charge in [-0.2, -0.15) is 0 Å². The van der Waals surface area contributed by atoms with E-state index < -0.39 is 7.32 Å². The monoisotopic (exact) mass is 237 g/mol. The average molecular weight is 237 g/mol. The Morgan fingerprint density at radius 2 is 1.19 bits per heavy atom. The second-order valence-electron chi connectivity index (χ2n) is 3.53. The summed E-state index contributed by atoms with van der Waals surface area (Å²) < 4.78 is 33.0. The van der Waals surface area contributed by atoms with E-state index in [0.717, 1.165) is 12.8 Å². The van der Waals surface area contributed by atoms with Crippen LogP contribution in [-0.2, 0) is 14.3 Å². The normalized spacial score (nSPS) is 10.7. The zero-order chi connectivity index (χ0) is 12.1. The van der Waals surface area contributed by atoms with E-state index in [9.17, 15) is 13.8 Å². The summed E-state index contributed by atoms with van der Waals surface area (Å²) in [4.78, 5) is 0. The lowest BCUT2D eigenvalue weighted by molar-refractivity contribution is 0.105. The molecule has 6 heteroatoms. The molecule has 0 spiro atoms. The lowest BCUT2D eigenvalue weighted by Crippen LogP contribution is -2.22. The van der Waals surface area contributed by atoms with E-state index in [1.807, 2.05) is 0 Å². The summed E-state index contributed by atoms with van der Waals surface area (Å²) >= 11 is 0. The molecule has 0 N–H and O–H groups in total. The molecule has 0 bridgehead atoms. The van der Waals surface area contributed by atoms with Gasteiger partial charge in [0.2, 0.25) is 0 Å². The average Bonchev–Trinajstić information content (AvgIpc) is 2.28. The number of rotatable bonds is 12. The van der Waals surface area contributed by atoms with Crippen molar-refractivity contribution in [1.29, 1.82) is 0 Å². The van der Waals surface area contributed by atoms with Gasteiger partial charge in [-0.1, -0.05) is 0 Å². The predicted octanol–water partition coefficient (Wildman–Crippen LogP) is 2.71. The highest BCUT2D eigenvalue weighted by atomic mass is 19.1. The van der Waals surface area contributed by atoms with Crippen molar-refractivity contribution in [2.75, 3.05) is 26.6 Å². The zero-order valence-electron chi connectivity index (χ0n) is 9.63. The Bertz CT molecular complexity index is 127. The van der Waals surface area contributed by atoms with Crippen molar-refractivity contribution >= 4 is 7.32 Å². The maximum Gasteiger partial charge on any atom is 0.666 e. The number of hydrogen-bond donors (Lipinski definition) is 0. The third-order valence-electron chi connectivity index (χ3n) is 2.06. The SMILES string of the molecule is [O]B(OCCCCCF)OCCCCCF. The van der Waals surface area contributed by atoms with Crippen LogP contribution in [0.4, 0.5) is 8.78 Å². The molecule has 0 saturated heterocycles. The Morgan fingerprint density at radius 3 is 1.56 bits per heavy atom. The van der Waals surface area contributed by atoms with E-state index >= 15 is 0 Å². The largest absolute Gasteiger partial charge is 0.666 e. The molecular formula is C10H20BF2O3. The minimum Gasteiger partial charge on any atom is -0.384 e. The van der Waals surface area contributed by atoms with E-state index in [2.05, 4.69) is 0 Å². The molecule has 95 valence electrons. The van der Waals surface area contributed by atoms with Crippen molar-refractivity contribution in [3.8, 4) is 0 Å². The van der Waals surface area contributed by atoms with Crippen LogP contribution in [0.1, 0.15) is 38.5 Å². The Hall–Kier alpha value is -0.195. The highest BCUT2D eigenvalue weighted by Crippen LogP contribution is 2.00. The summed E-state index contributed by atoms with van der Waals surface area (Å²) in [5.41, 5.74) is 0. The molecule has 0 amide bonds. The molecule has 0 atom stereocenters. The molecule has 0 aliphatic carbocycles. The second-order valence-corrected chi connectivity index (χ2v) is 3.53. The van der Waals surface area contributed by atoms with Gasteiger partial charge in [-0.15, -0.1) is 0 Å². The maximum atomic E-state index is 11.7. The minimum absolute atomic E-state index is 0.304. The molecule has 0 aliphatic rings. The molecule has 0 fully saturated rings. The summed E-state index contributed by atoms with van der Waals surface area (Å²) in [6, 6.07) is 0. The van der Waals surface area contributed by atoms with Crippen LogP contribution in [0.3, 0.4) is 0 Å². The molecule has 1 radical (unpaired) electrons. The molecule has 3 nitrogen and oxygen atoms in total. The first-order chi connectivity index (χ1) is 7.81. The number of hydrogen-bond acceptors (Lipinski definition) is 2. The molecule has 16 heavy (non-hydrogen) atoms. The van der Waals surface area contributed by atoms with Gasteiger partial charge in [-0.3, -0.25) is 8.78 Å². The highest BCUT2D eigenvalue weighted by molar-refractivity contribution is 6.34. The van der Waals surface area contributed by atoms with E-state index in [-0.39, 0.29) is 13.3 Å². The zero-order valence-corrected chi connectivity index (χ0v) is 9.63. The van der Waals surface area contributed by atoms with Crippen LogP contribution in [-0.4, -0.2) is 33.9 Å². The fourth-order valence-corrected chi connectivity index (χ4v) is 1.15. The summed E-state index contributed by atoms with van der Waals surface area (Å²) in [6.45, 7) is -0.0466. The maximum absolute atomic E-state index is 11.7. The first-order valence-corrected chi connectivity index (χ1v) is 5.82. The third kappa shape index (κ3) is 11.9. The van der Waals surface area contributed by atoms with Crippen LogP contribution in [0.25, 0.3) is 0 Å². The van der Waals surface area contributed by atoms with E-state index in [0.29, 0.717) is 38.9 Å². The first kappa shape index (κ1) is 15.8. The van der Waals surface area contributed by atoms with E-state index in [4.69, 9.17) is 9.31 Å². The first-order valence-electron chi connectivity index (χ1n) is 5.82. The van der Waals surface area contributed by atoms with Gasteiger partial charge in [0.05, 0.1) is 13.3 Å². The number of alkyl halides is 2. The second kappa shape index (κ2) is 12.9. The van der Waals surface area contributed by atoms with Crippen LogP contribution in [0.2, 0.25) is 0 Å². The molecule has 0 rings (SSSR count). The summed E-state index contributed by atoms with van der Waals surface area (Å²) in [6.07, 6.45) is 3.81. The fourth-order valence-electron chi connectivity index (χ4n) is 1.15. The van der Waals surface area contributed by atoms with Gasteiger partial charge in [-0.05, 0) is 38.5 Å². The van der Waals surface area contributed by atoms with Gasteiger partial charge in [0.25, 0.3) is 0 Å². The van der Waals surface area contributed by atoms with Gasteiger partial charge in [0.15, 0.2) is 0 Å². The van der Waals surface area contributed by atoms with Crippen molar-refractivity contribution in [3.63, 3.8) is 0 Å².